The van der Waals surface area contributed by atoms with E-state index in [1.807, 2.05) is 54.6 Å². The molecule has 1 unspecified atom stereocenters. The van der Waals surface area contributed by atoms with Gasteiger partial charge in [-0.2, -0.15) is 0 Å². The van der Waals surface area contributed by atoms with E-state index in [9.17, 15) is 4.79 Å². The number of carbonyl (C=O) groups excluding carboxylic acids is 1. The van der Waals surface area contributed by atoms with Crippen molar-refractivity contribution in [2.24, 2.45) is 0 Å². The summed E-state index contributed by atoms with van der Waals surface area (Å²) in [6, 6.07) is 25.5. The van der Waals surface area contributed by atoms with E-state index in [1.54, 1.807) is 12.1 Å². The summed E-state index contributed by atoms with van der Waals surface area (Å²) in [5.41, 5.74) is 2.69. The van der Waals surface area contributed by atoms with Crippen LogP contribution in [0.2, 0.25) is 5.02 Å². The number of amides is 1. The van der Waals surface area contributed by atoms with Gasteiger partial charge in [-0.05, 0) is 80.0 Å². The lowest BCUT2D eigenvalue weighted by Gasteiger charge is -2.42. The zero-order valence-electron chi connectivity index (χ0n) is 21.0. The SMILES string of the molecule is O=C(Nc1ccc(OCC2CN(C3CCN(Cc4ccc(Cl)cc4)CC3)CCO2)cc1)c1ccccc1. The molecule has 37 heavy (non-hydrogen) atoms. The van der Waals surface area contributed by atoms with Crippen LogP contribution < -0.4 is 10.1 Å². The van der Waals surface area contributed by atoms with Gasteiger partial charge in [0.25, 0.3) is 5.91 Å². The van der Waals surface area contributed by atoms with E-state index >= 15 is 0 Å². The molecule has 0 aromatic heterocycles. The number of piperidine rings is 1. The highest BCUT2D eigenvalue weighted by molar-refractivity contribution is 6.30. The van der Waals surface area contributed by atoms with Gasteiger partial charge >= 0.3 is 0 Å². The van der Waals surface area contributed by atoms with Gasteiger partial charge < -0.3 is 14.8 Å². The number of hydrogen-bond donors (Lipinski definition) is 1. The van der Waals surface area contributed by atoms with Crippen molar-refractivity contribution in [3.8, 4) is 5.75 Å². The minimum Gasteiger partial charge on any atom is -0.491 e. The third kappa shape index (κ3) is 7.33. The first kappa shape index (κ1) is 25.7. The lowest BCUT2D eigenvalue weighted by molar-refractivity contribution is -0.0674. The molecule has 1 N–H and O–H groups in total. The highest BCUT2D eigenvalue weighted by atomic mass is 35.5. The lowest BCUT2D eigenvalue weighted by atomic mass is 10.0. The van der Waals surface area contributed by atoms with Crippen LogP contribution in [-0.4, -0.2) is 67.2 Å². The monoisotopic (exact) mass is 519 g/mol. The first-order valence-electron chi connectivity index (χ1n) is 13.0. The summed E-state index contributed by atoms with van der Waals surface area (Å²) in [6.45, 7) is 6.34. The van der Waals surface area contributed by atoms with Crippen molar-refractivity contribution in [3.63, 3.8) is 0 Å². The van der Waals surface area contributed by atoms with E-state index in [0.717, 1.165) is 55.8 Å². The molecule has 0 spiro atoms. The summed E-state index contributed by atoms with van der Waals surface area (Å²) < 4.78 is 12.0. The molecule has 5 rings (SSSR count). The van der Waals surface area contributed by atoms with Crippen molar-refractivity contribution in [3.05, 3.63) is 95.0 Å². The molecule has 2 aliphatic rings. The van der Waals surface area contributed by atoms with Crippen molar-refractivity contribution in [2.45, 2.75) is 31.5 Å². The standard InChI is InChI=1S/C30H34ClN3O3/c31-25-8-6-23(7-9-25)20-33-16-14-27(15-17-33)34-18-19-36-29(21-34)22-37-28-12-10-26(11-13-28)32-30(35)24-4-2-1-3-5-24/h1-13,27,29H,14-22H2,(H,32,35). The molecule has 2 fully saturated rings. The molecule has 0 aliphatic carbocycles. The van der Waals surface area contributed by atoms with Crippen LogP contribution in [0.15, 0.2) is 78.9 Å². The summed E-state index contributed by atoms with van der Waals surface area (Å²) in [4.78, 5) is 17.5. The Morgan fingerprint density at radius 1 is 0.946 bits per heavy atom. The number of benzene rings is 3. The van der Waals surface area contributed by atoms with Gasteiger partial charge in [-0.15, -0.1) is 0 Å². The minimum absolute atomic E-state index is 0.0540. The fraction of sp³-hybridized carbons (Fsp3) is 0.367. The van der Waals surface area contributed by atoms with Gasteiger partial charge in [0.05, 0.1) is 6.61 Å². The molecule has 0 radical (unpaired) electrons. The lowest BCUT2D eigenvalue weighted by Crippen LogP contribution is -2.52. The highest BCUT2D eigenvalue weighted by Gasteiger charge is 2.29. The maximum atomic E-state index is 12.3. The summed E-state index contributed by atoms with van der Waals surface area (Å²) in [5, 5.41) is 3.71. The number of rotatable bonds is 8. The number of nitrogens with zero attached hydrogens (tertiary/aromatic N) is 2. The summed E-state index contributed by atoms with van der Waals surface area (Å²) in [7, 11) is 0. The predicted octanol–water partition coefficient (Wildman–Crippen LogP) is 5.34. The topological polar surface area (TPSA) is 54.0 Å². The van der Waals surface area contributed by atoms with E-state index in [2.05, 4.69) is 27.2 Å². The average Bonchev–Trinajstić information content (AvgIpc) is 2.95. The van der Waals surface area contributed by atoms with Crippen LogP contribution in [0.1, 0.15) is 28.8 Å². The highest BCUT2D eigenvalue weighted by Crippen LogP contribution is 2.22. The van der Waals surface area contributed by atoms with Crippen LogP contribution in [0.3, 0.4) is 0 Å². The third-order valence-corrected chi connectivity index (χ3v) is 7.40. The Morgan fingerprint density at radius 3 is 2.41 bits per heavy atom. The predicted molar refractivity (Wildman–Crippen MR) is 147 cm³/mol. The summed E-state index contributed by atoms with van der Waals surface area (Å²) in [6.07, 6.45) is 2.41. The summed E-state index contributed by atoms with van der Waals surface area (Å²) >= 11 is 6.02. The second-order valence-corrected chi connectivity index (χ2v) is 10.2. The van der Waals surface area contributed by atoms with E-state index in [1.165, 1.54) is 18.4 Å². The molecule has 2 aliphatic heterocycles. The molecule has 3 aromatic carbocycles. The van der Waals surface area contributed by atoms with Crippen molar-refractivity contribution >= 4 is 23.2 Å². The maximum Gasteiger partial charge on any atom is 0.255 e. The number of halogens is 1. The Kier molecular flexibility index (Phi) is 8.74. The molecule has 0 saturated carbocycles. The van der Waals surface area contributed by atoms with Crippen LogP contribution in [0, 0.1) is 0 Å². The molecule has 1 amide bonds. The number of likely N-dealkylation sites (tertiary alicyclic amines) is 1. The first-order chi connectivity index (χ1) is 18.1. The Balaban J connectivity index is 1.05. The Bertz CT molecular complexity index is 1130. The van der Waals surface area contributed by atoms with Crippen LogP contribution >= 0.6 is 11.6 Å². The van der Waals surface area contributed by atoms with E-state index in [4.69, 9.17) is 21.1 Å². The fourth-order valence-corrected chi connectivity index (χ4v) is 5.21. The summed E-state index contributed by atoms with van der Waals surface area (Å²) in [5.74, 6) is 0.648. The van der Waals surface area contributed by atoms with Gasteiger partial charge in [0.1, 0.15) is 18.5 Å². The number of nitrogens with one attached hydrogen (secondary N) is 1. The number of ether oxygens (including phenoxy) is 2. The minimum atomic E-state index is -0.124. The molecule has 2 heterocycles. The van der Waals surface area contributed by atoms with Crippen LogP contribution in [0.4, 0.5) is 5.69 Å². The molecule has 0 bridgehead atoms. The molecule has 1 atom stereocenters. The van der Waals surface area contributed by atoms with Crippen LogP contribution in [0.5, 0.6) is 5.75 Å². The normalized spacial score (nSPS) is 19.4. The number of hydrogen-bond acceptors (Lipinski definition) is 5. The zero-order valence-corrected chi connectivity index (χ0v) is 21.8. The van der Waals surface area contributed by atoms with Crippen molar-refractivity contribution in [2.75, 3.05) is 44.7 Å². The van der Waals surface area contributed by atoms with Crippen LogP contribution in [-0.2, 0) is 11.3 Å². The quantitative estimate of drug-likeness (QED) is 0.435. The second-order valence-electron chi connectivity index (χ2n) is 9.78. The second kappa shape index (κ2) is 12.6. The third-order valence-electron chi connectivity index (χ3n) is 7.15. The number of anilines is 1. The molecule has 3 aromatic rings. The van der Waals surface area contributed by atoms with Crippen LogP contribution in [0.25, 0.3) is 0 Å². The largest absolute Gasteiger partial charge is 0.491 e. The van der Waals surface area contributed by atoms with Gasteiger partial charge in [0.15, 0.2) is 0 Å². The molecule has 194 valence electrons. The average molecular weight is 520 g/mol. The van der Waals surface area contributed by atoms with E-state index < -0.39 is 0 Å². The van der Waals surface area contributed by atoms with Crippen molar-refractivity contribution in [1.29, 1.82) is 0 Å². The Morgan fingerprint density at radius 2 is 1.68 bits per heavy atom. The van der Waals surface area contributed by atoms with E-state index in [-0.39, 0.29) is 12.0 Å². The number of carbonyl (C=O) groups is 1. The number of morpholine rings is 1. The molecular weight excluding hydrogens is 486 g/mol. The van der Waals surface area contributed by atoms with Gasteiger partial charge in [-0.1, -0.05) is 41.9 Å². The van der Waals surface area contributed by atoms with Gasteiger partial charge in [0, 0.05) is 41.9 Å². The Labute approximate surface area is 224 Å². The molecule has 2 saturated heterocycles. The molecule has 7 heteroatoms. The molecular formula is C30H34ClN3O3. The van der Waals surface area contributed by atoms with Gasteiger partial charge in [-0.3, -0.25) is 14.6 Å². The smallest absolute Gasteiger partial charge is 0.255 e. The van der Waals surface area contributed by atoms with E-state index in [0.29, 0.717) is 18.2 Å². The fourth-order valence-electron chi connectivity index (χ4n) is 5.08. The Hall–Kier alpha value is -2.90. The van der Waals surface area contributed by atoms with Crippen molar-refractivity contribution < 1.29 is 14.3 Å². The van der Waals surface area contributed by atoms with Crippen molar-refractivity contribution in [1.82, 2.24) is 9.80 Å². The van der Waals surface area contributed by atoms with Gasteiger partial charge in [0.2, 0.25) is 0 Å². The molecule has 6 nitrogen and oxygen atoms in total. The first-order valence-corrected chi connectivity index (χ1v) is 13.4. The zero-order chi connectivity index (χ0) is 25.5. The van der Waals surface area contributed by atoms with Gasteiger partial charge in [-0.25, -0.2) is 0 Å². The maximum absolute atomic E-state index is 12.3.